The molecule has 0 bridgehead atoms. The Kier molecular flexibility index (Phi) is 14.7. The molecule has 15 heteroatoms. The van der Waals surface area contributed by atoms with Crippen molar-refractivity contribution in [3.8, 4) is 0 Å². The average Bonchev–Trinajstić information content (AvgIpc) is 3.48. The number of unbranched alkanes of at least 4 members (excludes halogenated alkanes) is 1. The second-order valence-electron chi connectivity index (χ2n) is 11.9. The lowest BCUT2D eigenvalue weighted by molar-refractivity contribution is -0.136. The van der Waals surface area contributed by atoms with E-state index in [4.69, 9.17) is 11.5 Å². The van der Waals surface area contributed by atoms with E-state index in [2.05, 4.69) is 31.6 Å². The molecular weight excluding hydrogens is 632 g/mol. The maximum atomic E-state index is 14.0. The number of nitrogens with one attached hydrogen (secondary N) is 6. The number of fused-ring (bicyclic) bond motifs is 1. The van der Waals surface area contributed by atoms with Gasteiger partial charge in [0.1, 0.15) is 30.2 Å². The second-order valence-corrected chi connectivity index (χ2v) is 11.9. The van der Waals surface area contributed by atoms with Gasteiger partial charge >= 0.3 is 0 Å². The van der Waals surface area contributed by atoms with Gasteiger partial charge in [-0.05, 0) is 56.8 Å². The molecule has 11 N–H and O–H groups in total. The van der Waals surface area contributed by atoms with Crippen LogP contribution in [0.1, 0.15) is 44.2 Å². The zero-order valence-electron chi connectivity index (χ0n) is 27.6. The molecule has 0 unspecified atom stereocenters. The molecule has 6 amide bonds. The maximum Gasteiger partial charge on any atom is 0.245 e. The summed E-state index contributed by atoms with van der Waals surface area (Å²) >= 11 is 0. The number of carbonyl (C=O) groups excluding carboxylic acids is 6. The number of benzene rings is 2. The Bertz CT molecular complexity index is 1580. The number of aliphatic hydroxyl groups excluding tert-OH is 1. The summed E-state index contributed by atoms with van der Waals surface area (Å²) in [7, 11) is 0. The minimum atomic E-state index is -1.47. The van der Waals surface area contributed by atoms with Crippen LogP contribution < -0.4 is 38.1 Å². The lowest BCUT2D eigenvalue weighted by atomic mass is 10.0. The Balaban J connectivity index is 1.88. The van der Waals surface area contributed by atoms with Crippen molar-refractivity contribution in [2.45, 2.75) is 82.3 Å². The van der Waals surface area contributed by atoms with Gasteiger partial charge in [-0.3, -0.25) is 28.8 Å². The second kappa shape index (κ2) is 18.9. The van der Waals surface area contributed by atoms with Crippen molar-refractivity contribution in [2.75, 3.05) is 6.54 Å². The zero-order valence-corrected chi connectivity index (χ0v) is 27.6. The molecule has 0 fully saturated rings. The van der Waals surface area contributed by atoms with Crippen LogP contribution in [0, 0.1) is 0 Å². The fourth-order valence-corrected chi connectivity index (χ4v) is 5.23. The highest BCUT2D eigenvalue weighted by Gasteiger charge is 2.33. The summed E-state index contributed by atoms with van der Waals surface area (Å²) in [4.78, 5) is 80.0. The van der Waals surface area contributed by atoms with Gasteiger partial charge in [0.15, 0.2) is 0 Å². The molecule has 0 aliphatic carbocycles. The van der Waals surface area contributed by atoms with Crippen LogP contribution in [0.15, 0.2) is 60.8 Å². The fraction of sp³-hybridized carbons (Fsp3) is 0.412. The summed E-state index contributed by atoms with van der Waals surface area (Å²) < 4.78 is 0. The third-order valence-corrected chi connectivity index (χ3v) is 8.03. The van der Waals surface area contributed by atoms with E-state index in [1.54, 1.807) is 18.3 Å². The van der Waals surface area contributed by atoms with E-state index in [1.807, 2.05) is 42.5 Å². The molecular formula is C34H46N8O7. The Morgan fingerprint density at radius 3 is 2.08 bits per heavy atom. The number of H-pyrrole nitrogens is 1. The van der Waals surface area contributed by atoms with Crippen LogP contribution in [0.2, 0.25) is 0 Å². The third kappa shape index (κ3) is 11.4. The highest BCUT2D eigenvalue weighted by molar-refractivity contribution is 5.96. The molecule has 15 nitrogen and oxygen atoms in total. The summed E-state index contributed by atoms with van der Waals surface area (Å²) in [5, 5.41) is 23.9. The highest BCUT2D eigenvalue weighted by atomic mass is 16.3. The minimum Gasteiger partial charge on any atom is -0.391 e. The number of carbonyl (C=O) groups is 6. The van der Waals surface area contributed by atoms with Crippen molar-refractivity contribution in [3.05, 3.63) is 71.9 Å². The van der Waals surface area contributed by atoms with Crippen molar-refractivity contribution >= 4 is 46.8 Å². The predicted molar refractivity (Wildman–Crippen MR) is 182 cm³/mol. The van der Waals surface area contributed by atoms with E-state index in [1.165, 1.54) is 13.8 Å². The number of hydrogen-bond acceptors (Lipinski definition) is 8. The molecule has 0 aliphatic rings. The molecule has 0 saturated heterocycles. The SMILES string of the molecule is C[C@H](NC(=O)[C@@H](NC(=O)[C@H](CCCCN)NC(=O)[C@@H](Cc1c[nH]c2ccccc12)NC(=O)[C@H](Cc1ccccc1)NC=O)[C@@H](C)O)C(N)=O. The molecule has 0 aliphatic heterocycles. The van der Waals surface area contributed by atoms with Crippen LogP contribution in [0.3, 0.4) is 0 Å². The summed E-state index contributed by atoms with van der Waals surface area (Å²) in [5.74, 6) is -3.75. The molecule has 0 spiro atoms. The first-order valence-corrected chi connectivity index (χ1v) is 16.1. The lowest BCUT2D eigenvalue weighted by Crippen LogP contribution is -2.60. The van der Waals surface area contributed by atoms with Crippen LogP contribution in [-0.4, -0.2) is 88.9 Å². The molecule has 1 aromatic heterocycles. The summed E-state index contributed by atoms with van der Waals surface area (Å²) in [6.07, 6.45) is 2.05. The van der Waals surface area contributed by atoms with Gasteiger partial charge in [-0.1, -0.05) is 48.5 Å². The Morgan fingerprint density at radius 1 is 0.796 bits per heavy atom. The van der Waals surface area contributed by atoms with E-state index >= 15 is 0 Å². The monoisotopic (exact) mass is 678 g/mol. The number of para-hydroxylation sites is 1. The molecule has 6 atom stereocenters. The van der Waals surface area contributed by atoms with Gasteiger partial charge in [0.2, 0.25) is 35.9 Å². The van der Waals surface area contributed by atoms with E-state index < -0.39 is 65.8 Å². The van der Waals surface area contributed by atoms with E-state index in [9.17, 15) is 33.9 Å². The van der Waals surface area contributed by atoms with Gasteiger partial charge in [-0.2, -0.15) is 0 Å². The Labute approximate surface area is 284 Å². The molecule has 3 rings (SSSR count). The smallest absolute Gasteiger partial charge is 0.245 e. The number of aliphatic hydroxyl groups is 1. The fourth-order valence-electron chi connectivity index (χ4n) is 5.23. The summed E-state index contributed by atoms with van der Waals surface area (Å²) in [6.45, 7) is 2.97. The zero-order chi connectivity index (χ0) is 35.9. The average molecular weight is 679 g/mol. The first-order valence-electron chi connectivity index (χ1n) is 16.1. The maximum absolute atomic E-state index is 14.0. The summed E-state index contributed by atoms with van der Waals surface area (Å²) in [6, 6.07) is 10.5. The van der Waals surface area contributed by atoms with E-state index in [0.717, 1.165) is 22.0 Å². The normalized spacial score (nSPS) is 14.7. The molecule has 1 heterocycles. The van der Waals surface area contributed by atoms with E-state index in [0.29, 0.717) is 25.8 Å². The lowest BCUT2D eigenvalue weighted by Gasteiger charge is -2.27. The topological polar surface area (TPSA) is 251 Å². The first kappa shape index (κ1) is 38.2. The van der Waals surface area contributed by atoms with Gasteiger partial charge < -0.3 is 48.1 Å². The Morgan fingerprint density at radius 2 is 1.43 bits per heavy atom. The number of rotatable bonds is 20. The van der Waals surface area contributed by atoms with Crippen molar-refractivity contribution in [3.63, 3.8) is 0 Å². The van der Waals surface area contributed by atoms with Crippen LogP contribution in [0.25, 0.3) is 10.9 Å². The number of aromatic amines is 1. The quantitative estimate of drug-likeness (QED) is 0.0529. The van der Waals surface area contributed by atoms with Crippen molar-refractivity contribution in [1.82, 2.24) is 31.6 Å². The van der Waals surface area contributed by atoms with Crippen LogP contribution in [0.5, 0.6) is 0 Å². The van der Waals surface area contributed by atoms with Gasteiger partial charge in [0.25, 0.3) is 0 Å². The number of primary amides is 1. The molecule has 2 aromatic carbocycles. The number of hydrogen-bond donors (Lipinski definition) is 9. The van der Waals surface area contributed by atoms with Crippen molar-refractivity contribution < 1.29 is 33.9 Å². The number of nitrogens with two attached hydrogens (primary N) is 2. The molecule has 0 radical (unpaired) electrons. The van der Waals surface area contributed by atoms with Crippen LogP contribution in [0.4, 0.5) is 0 Å². The molecule has 0 saturated carbocycles. The number of amides is 6. The molecule has 3 aromatic rings. The van der Waals surface area contributed by atoms with Gasteiger partial charge in [-0.25, -0.2) is 0 Å². The summed E-state index contributed by atoms with van der Waals surface area (Å²) in [5.41, 5.74) is 13.2. The third-order valence-electron chi connectivity index (χ3n) is 8.03. The van der Waals surface area contributed by atoms with Gasteiger partial charge in [0.05, 0.1) is 6.10 Å². The molecule has 49 heavy (non-hydrogen) atoms. The van der Waals surface area contributed by atoms with Gasteiger partial charge in [0, 0.05) is 29.9 Å². The van der Waals surface area contributed by atoms with Crippen molar-refractivity contribution in [1.29, 1.82) is 0 Å². The largest absolute Gasteiger partial charge is 0.391 e. The molecule has 264 valence electrons. The number of aromatic nitrogens is 1. The standard InChI is InChI=1S/C34H46N8O7/c1-20(30(36)45)39-34(49)29(21(2)44)42-31(46)26(14-8-9-15-35)40-33(48)28(17-23-18-37-25-13-7-6-12-24(23)25)41-32(47)27(38-19-43)16-22-10-4-3-5-11-22/h3-7,10-13,18-21,26-29,37,44H,8-9,14-17,35H2,1-2H3,(H2,36,45)(H,38,43)(H,39,49)(H,40,48)(H,41,47)(H,42,46)/t20-,21+,26-,27-,28+,29-/m0/s1. The van der Waals surface area contributed by atoms with Crippen LogP contribution in [-0.2, 0) is 41.6 Å². The van der Waals surface area contributed by atoms with Crippen molar-refractivity contribution in [2.24, 2.45) is 11.5 Å². The first-order chi connectivity index (χ1) is 23.4. The van der Waals surface area contributed by atoms with Crippen LogP contribution >= 0.6 is 0 Å². The Hall–Kier alpha value is -5.28. The van der Waals surface area contributed by atoms with E-state index in [-0.39, 0.29) is 19.3 Å². The minimum absolute atomic E-state index is 0.0293. The van der Waals surface area contributed by atoms with Gasteiger partial charge in [-0.15, -0.1) is 0 Å². The highest BCUT2D eigenvalue weighted by Crippen LogP contribution is 2.19. The predicted octanol–water partition coefficient (Wildman–Crippen LogP) is -0.978.